The smallest absolute Gasteiger partial charge is 0.0575 e. The van der Waals surface area contributed by atoms with E-state index >= 15 is 0 Å². The van der Waals surface area contributed by atoms with E-state index in [-0.39, 0.29) is 0 Å². The maximum absolute atomic E-state index is 6.00. The number of rotatable bonds is 17. The van der Waals surface area contributed by atoms with Crippen LogP contribution in [0.25, 0.3) is 0 Å². The van der Waals surface area contributed by atoms with E-state index in [2.05, 4.69) is 6.92 Å². The van der Waals surface area contributed by atoms with Gasteiger partial charge in [0.2, 0.25) is 0 Å². The van der Waals surface area contributed by atoms with Crippen LogP contribution in [0.15, 0.2) is 0 Å². The molecule has 0 aliphatic heterocycles. The van der Waals surface area contributed by atoms with Crippen LogP contribution in [-0.2, 0) is 4.74 Å². The summed E-state index contributed by atoms with van der Waals surface area (Å²) < 4.78 is 6.00. The predicted molar refractivity (Wildman–Crippen MR) is 108 cm³/mol. The van der Waals surface area contributed by atoms with Crippen molar-refractivity contribution < 1.29 is 4.74 Å². The van der Waals surface area contributed by atoms with Crippen LogP contribution in [0.2, 0.25) is 0 Å². The Morgan fingerprint density at radius 2 is 0.958 bits per heavy atom. The maximum atomic E-state index is 6.00. The van der Waals surface area contributed by atoms with Crippen molar-refractivity contribution in [2.75, 3.05) is 6.61 Å². The first-order valence-electron chi connectivity index (χ1n) is 11.5. The molecule has 24 heavy (non-hydrogen) atoms. The third-order valence-electron chi connectivity index (χ3n) is 5.65. The zero-order valence-corrected chi connectivity index (χ0v) is 16.8. The Hall–Kier alpha value is -0.0400. The fourth-order valence-corrected chi connectivity index (χ4v) is 3.96. The van der Waals surface area contributed by atoms with Gasteiger partial charge in [0.05, 0.1) is 6.10 Å². The van der Waals surface area contributed by atoms with E-state index in [1.807, 2.05) is 0 Å². The van der Waals surface area contributed by atoms with Gasteiger partial charge in [-0.2, -0.15) is 0 Å². The molecule has 0 radical (unpaired) electrons. The van der Waals surface area contributed by atoms with E-state index < -0.39 is 0 Å². The highest BCUT2D eigenvalue weighted by molar-refractivity contribution is 4.64. The van der Waals surface area contributed by atoms with E-state index in [0.29, 0.717) is 6.10 Å². The minimum absolute atomic E-state index is 0.602. The van der Waals surface area contributed by atoms with Gasteiger partial charge in [0.15, 0.2) is 0 Å². The van der Waals surface area contributed by atoms with Gasteiger partial charge in [-0.3, -0.25) is 0 Å². The van der Waals surface area contributed by atoms with Crippen LogP contribution in [0, 0.1) is 0 Å². The Morgan fingerprint density at radius 1 is 0.542 bits per heavy atom. The van der Waals surface area contributed by atoms with E-state index in [0.717, 1.165) is 6.61 Å². The second-order valence-electron chi connectivity index (χ2n) is 8.08. The number of hydrogen-bond donors (Lipinski definition) is 0. The highest BCUT2D eigenvalue weighted by Crippen LogP contribution is 2.20. The summed E-state index contributed by atoms with van der Waals surface area (Å²) in [5.41, 5.74) is 0. The summed E-state index contributed by atoms with van der Waals surface area (Å²) in [6.45, 7) is 3.31. The molecule has 0 aromatic rings. The second kappa shape index (κ2) is 17.8. The summed E-state index contributed by atoms with van der Waals surface area (Å²) in [6, 6.07) is 0. The Kier molecular flexibility index (Phi) is 16.3. The summed E-state index contributed by atoms with van der Waals surface area (Å²) in [7, 11) is 0. The van der Waals surface area contributed by atoms with Gasteiger partial charge in [-0.25, -0.2) is 0 Å². The molecule has 0 saturated heterocycles. The topological polar surface area (TPSA) is 9.23 Å². The fraction of sp³-hybridized carbons (Fsp3) is 1.00. The Morgan fingerprint density at radius 3 is 1.42 bits per heavy atom. The molecule has 0 spiro atoms. The molecule has 1 aliphatic rings. The minimum atomic E-state index is 0.602. The van der Waals surface area contributed by atoms with Crippen LogP contribution in [0.4, 0.5) is 0 Å². The third-order valence-corrected chi connectivity index (χ3v) is 5.65. The van der Waals surface area contributed by atoms with Gasteiger partial charge in [0, 0.05) is 6.61 Å². The van der Waals surface area contributed by atoms with Crippen LogP contribution >= 0.6 is 0 Å². The molecule has 144 valence electrons. The van der Waals surface area contributed by atoms with E-state index in [1.54, 1.807) is 0 Å². The summed E-state index contributed by atoms with van der Waals surface area (Å²) in [6.07, 6.45) is 29.0. The summed E-state index contributed by atoms with van der Waals surface area (Å²) >= 11 is 0. The van der Waals surface area contributed by atoms with Gasteiger partial charge in [-0.05, 0) is 19.3 Å². The maximum Gasteiger partial charge on any atom is 0.0575 e. The Bertz CT molecular complexity index is 232. The first kappa shape index (κ1) is 22.0. The van der Waals surface area contributed by atoms with Crippen LogP contribution < -0.4 is 0 Å². The molecule has 1 fully saturated rings. The highest BCUT2D eigenvalue weighted by Gasteiger charge is 2.12. The third kappa shape index (κ3) is 14.3. The molecule has 0 amide bonds. The largest absolute Gasteiger partial charge is 0.378 e. The SMILES string of the molecule is CCCCCCCCCCCCCCCCCOC1CCCCC1. The molecule has 0 bridgehead atoms. The number of hydrogen-bond acceptors (Lipinski definition) is 1. The van der Waals surface area contributed by atoms with Gasteiger partial charge in [0.1, 0.15) is 0 Å². The lowest BCUT2D eigenvalue weighted by Crippen LogP contribution is -2.17. The van der Waals surface area contributed by atoms with E-state index in [1.165, 1.54) is 128 Å². The summed E-state index contributed by atoms with van der Waals surface area (Å²) in [5.74, 6) is 0. The monoisotopic (exact) mass is 338 g/mol. The van der Waals surface area contributed by atoms with Crippen molar-refractivity contribution in [3.63, 3.8) is 0 Å². The zero-order chi connectivity index (χ0) is 17.1. The molecule has 1 saturated carbocycles. The number of unbranched alkanes of at least 4 members (excludes halogenated alkanes) is 14. The lowest BCUT2D eigenvalue weighted by atomic mass is 9.98. The van der Waals surface area contributed by atoms with Gasteiger partial charge in [0.25, 0.3) is 0 Å². The molecule has 1 rings (SSSR count). The minimum Gasteiger partial charge on any atom is -0.378 e. The van der Waals surface area contributed by atoms with Crippen LogP contribution in [0.5, 0.6) is 0 Å². The van der Waals surface area contributed by atoms with E-state index in [9.17, 15) is 0 Å². The quantitative estimate of drug-likeness (QED) is 0.243. The van der Waals surface area contributed by atoms with Crippen LogP contribution in [0.3, 0.4) is 0 Å². The van der Waals surface area contributed by atoms with Crippen LogP contribution in [0.1, 0.15) is 135 Å². The van der Waals surface area contributed by atoms with Crippen LogP contribution in [-0.4, -0.2) is 12.7 Å². The normalized spacial score (nSPS) is 15.9. The fourth-order valence-electron chi connectivity index (χ4n) is 3.96. The molecule has 0 unspecified atom stereocenters. The van der Waals surface area contributed by atoms with Gasteiger partial charge < -0.3 is 4.74 Å². The molecular weight excluding hydrogens is 292 g/mol. The average Bonchev–Trinajstić information content (AvgIpc) is 2.62. The van der Waals surface area contributed by atoms with Crippen molar-refractivity contribution in [3.05, 3.63) is 0 Å². The highest BCUT2D eigenvalue weighted by atomic mass is 16.5. The molecule has 1 nitrogen and oxygen atoms in total. The number of ether oxygens (including phenoxy) is 1. The lowest BCUT2D eigenvalue weighted by molar-refractivity contribution is 0.0263. The first-order chi connectivity index (χ1) is 11.9. The Balaban J connectivity index is 1.66. The van der Waals surface area contributed by atoms with Gasteiger partial charge in [-0.15, -0.1) is 0 Å². The van der Waals surface area contributed by atoms with Crippen molar-refractivity contribution in [2.24, 2.45) is 0 Å². The van der Waals surface area contributed by atoms with Crippen molar-refractivity contribution >= 4 is 0 Å². The van der Waals surface area contributed by atoms with E-state index in [4.69, 9.17) is 4.74 Å². The molecule has 1 aliphatic carbocycles. The summed E-state index contributed by atoms with van der Waals surface area (Å²) in [4.78, 5) is 0. The molecule has 1 heteroatoms. The first-order valence-corrected chi connectivity index (χ1v) is 11.5. The average molecular weight is 339 g/mol. The Labute approximate surface area is 153 Å². The molecule has 0 N–H and O–H groups in total. The van der Waals surface area contributed by atoms with Gasteiger partial charge >= 0.3 is 0 Å². The molecule has 0 atom stereocenters. The standard InChI is InChI=1S/C23H46O/c1-2-3-4-5-6-7-8-9-10-11-12-13-14-15-19-22-24-23-20-17-16-18-21-23/h23H,2-22H2,1H3. The molecule has 0 aromatic heterocycles. The van der Waals surface area contributed by atoms with Crippen molar-refractivity contribution in [2.45, 2.75) is 141 Å². The summed E-state index contributed by atoms with van der Waals surface area (Å²) in [5, 5.41) is 0. The second-order valence-corrected chi connectivity index (χ2v) is 8.08. The lowest BCUT2D eigenvalue weighted by Gasteiger charge is -2.21. The molecule has 0 aromatic carbocycles. The molecular formula is C23H46O. The predicted octanol–water partition coefficient (Wildman–Crippen LogP) is 8.21. The zero-order valence-electron chi connectivity index (χ0n) is 16.8. The van der Waals surface area contributed by atoms with Gasteiger partial charge in [-0.1, -0.05) is 116 Å². The van der Waals surface area contributed by atoms with Crippen molar-refractivity contribution in [3.8, 4) is 0 Å². The van der Waals surface area contributed by atoms with Crippen molar-refractivity contribution in [1.29, 1.82) is 0 Å². The van der Waals surface area contributed by atoms with Crippen molar-refractivity contribution in [1.82, 2.24) is 0 Å². The molecule has 0 heterocycles.